The van der Waals surface area contributed by atoms with E-state index in [0.717, 1.165) is 12.2 Å². The van der Waals surface area contributed by atoms with E-state index in [1.165, 1.54) is 0 Å². The van der Waals surface area contributed by atoms with Gasteiger partial charge in [-0.25, -0.2) is 0 Å². The van der Waals surface area contributed by atoms with Gasteiger partial charge in [0.1, 0.15) is 11.3 Å². The second-order valence-electron chi connectivity index (χ2n) is 6.52. The van der Waals surface area contributed by atoms with E-state index in [1.54, 1.807) is 18.2 Å². The maximum Gasteiger partial charge on any atom is 0.243 e. The van der Waals surface area contributed by atoms with E-state index in [0.29, 0.717) is 13.2 Å². The van der Waals surface area contributed by atoms with Crippen LogP contribution in [0.25, 0.3) is 0 Å². The van der Waals surface area contributed by atoms with E-state index in [-0.39, 0.29) is 23.3 Å². The van der Waals surface area contributed by atoms with Gasteiger partial charge in [0.2, 0.25) is 5.91 Å². The molecule has 5 heteroatoms. The highest BCUT2D eigenvalue weighted by Crippen LogP contribution is 2.58. The highest BCUT2D eigenvalue weighted by Gasteiger charge is 2.71. The Kier molecular flexibility index (Phi) is 2.95. The van der Waals surface area contributed by atoms with Crippen LogP contribution in [0.3, 0.4) is 0 Å². The highest BCUT2D eigenvalue weighted by atomic mass is 16.5. The molecule has 0 radical (unpaired) electrons. The largest absolute Gasteiger partial charge is 0.467 e. The minimum atomic E-state index is -0.838. The SMILES string of the molecule is CN(Cc1ccco1)C(=O)C1(N)C2CCOC2C1(C)C. The lowest BCUT2D eigenvalue weighted by Gasteiger charge is -2.61. The van der Waals surface area contributed by atoms with Gasteiger partial charge in [-0.2, -0.15) is 0 Å². The molecule has 3 atom stereocenters. The van der Waals surface area contributed by atoms with Crippen LogP contribution in [0.2, 0.25) is 0 Å². The molecule has 20 heavy (non-hydrogen) atoms. The monoisotopic (exact) mass is 278 g/mol. The van der Waals surface area contributed by atoms with Gasteiger partial charge in [0.15, 0.2) is 0 Å². The topological polar surface area (TPSA) is 68.7 Å². The van der Waals surface area contributed by atoms with Crippen LogP contribution in [0.1, 0.15) is 26.0 Å². The number of carbonyl (C=O) groups is 1. The molecule has 3 unspecified atom stereocenters. The maximum absolute atomic E-state index is 12.8. The Balaban J connectivity index is 1.79. The van der Waals surface area contributed by atoms with Gasteiger partial charge >= 0.3 is 0 Å². The number of nitrogens with two attached hydrogens (primary N) is 1. The Morgan fingerprint density at radius 1 is 1.55 bits per heavy atom. The van der Waals surface area contributed by atoms with Crippen LogP contribution in [0, 0.1) is 11.3 Å². The zero-order valence-electron chi connectivity index (χ0n) is 12.3. The molecule has 1 aromatic rings. The number of rotatable bonds is 3. The quantitative estimate of drug-likeness (QED) is 0.907. The van der Waals surface area contributed by atoms with Gasteiger partial charge in [-0.3, -0.25) is 4.79 Å². The van der Waals surface area contributed by atoms with E-state index in [9.17, 15) is 4.79 Å². The summed E-state index contributed by atoms with van der Waals surface area (Å²) in [4.78, 5) is 14.5. The smallest absolute Gasteiger partial charge is 0.243 e. The summed E-state index contributed by atoms with van der Waals surface area (Å²) in [7, 11) is 1.78. The minimum absolute atomic E-state index is 0.0225. The molecule has 0 aromatic carbocycles. The van der Waals surface area contributed by atoms with Crippen molar-refractivity contribution in [1.29, 1.82) is 0 Å². The first-order valence-electron chi connectivity index (χ1n) is 7.07. The molecule has 2 fully saturated rings. The van der Waals surface area contributed by atoms with Crippen LogP contribution in [-0.2, 0) is 16.1 Å². The molecule has 1 aliphatic carbocycles. The highest BCUT2D eigenvalue weighted by molar-refractivity contribution is 5.89. The zero-order valence-corrected chi connectivity index (χ0v) is 12.3. The van der Waals surface area contributed by atoms with E-state index in [2.05, 4.69) is 0 Å². The van der Waals surface area contributed by atoms with Crippen LogP contribution in [0.15, 0.2) is 22.8 Å². The van der Waals surface area contributed by atoms with Crippen molar-refractivity contribution in [1.82, 2.24) is 4.90 Å². The molecule has 2 aliphatic rings. The number of amides is 1. The lowest BCUT2D eigenvalue weighted by atomic mass is 9.47. The van der Waals surface area contributed by atoms with Gasteiger partial charge in [0.25, 0.3) is 0 Å². The molecule has 0 spiro atoms. The Morgan fingerprint density at radius 3 is 2.95 bits per heavy atom. The van der Waals surface area contributed by atoms with Crippen molar-refractivity contribution in [2.75, 3.05) is 13.7 Å². The van der Waals surface area contributed by atoms with Gasteiger partial charge < -0.3 is 19.8 Å². The number of hydrogen-bond acceptors (Lipinski definition) is 4. The van der Waals surface area contributed by atoms with Crippen molar-refractivity contribution in [2.24, 2.45) is 17.1 Å². The second-order valence-corrected chi connectivity index (χ2v) is 6.52. The summed E-state index contributed by atoms with van der Waals surface area (Å²) in [5, 5.41) is 0. The second kappa shape index (κ2) is 4.33. The molecular weight excluding hydrogens is 256 g/mol. The molecule has 110 valence electrons. The molecule has 5 nitrogen and oxygen atoms in total. The molecular formula is C15H22N2O3. The third-order valence-electron chi connectivity index (χ3n) is 5.13. The summed E-state index contributed by atoms with van der Waals surface area (Å²) < 4.78 is 11.0. The Labute approximate surface area is 119 Å². The lowest BCUT2D eigenvalue weighted by Crippen LogP contribution is -2.80. The third kappa shape index (κ3) is 1.59. The predicted octanol–water partition coefficient (Wildman–Crippen LogP) is 1.38. The summed E-state index contributed by atoms with van der Waals surface area (Å²) in [6.45, 7) is 5.20. The molecule has 3 rings (SSSR count). The van der Waals surface area contributed by atoms with Gasteiger partial charge in [-0.15, -0.1) is 0 Å². The number of carbonyl (C=O) groups excluding carboxylic acids is 1. The molecule has 1 aromatic heterocycles. The summed E-state index contributed by atoms with van der Waals surface area (Å²) >= 11 is 0. The fourth-order valence-electron chi connectivity index (χ4n) is 3.84. The number of hydrogen-bond donors (Lipinski definition) is 1. The van der Waals surface area contributed by atoms with E-state index < -0.39 is 5.54 Å². The zero-order chi connectivity index (χ0) is 14.5. The van der Waals surface area contributed by atoms with E-state index in [1.807, 2.05) is 26.0 Å². The Bertz CT molecular complexity index is 511. The summed E-state index contributed by atoms with van der Waals surface area (Å²) in [6, 6.07) is 3.68. The molecule has 1 saturated heterocycles. The van der Waals surface area contributed by atoms with E-state index >= 15 is 0 Å². The van der Waals surface area contributed by atoms with Crippen LogP contribution in [0.4, 0.5) is 0 Å². The minimum Gasteiger partial charge on any atom is -0.467 e. The van der Waals surface area contributed by atoms with Crippen LogP contribution in [0.5, 0.6) is 0 Å². The third-order valence-corrected chi connectivity index (χ3v) is 5.13. The molecule has 2 N–H and O–H groups in total. The number of nitrogens with zero attached hydrogens (tertiary/aromatic N) is 1. The number of fused-ring (bicyclic) bond motifs is 1. The van der Waals surface area contributed by atoms with Gasteiger partial charge in [0, 0.05) is 25.0 Å². The number of furan rings is 1. The molecule has 1 aliphatic heterocycles. The Morgan fingerprint density at radius 2 is 2.30 bits per heavy atom. The lowest BCUT2D eigenvalue weighted by molar-refractivity contribution is -0.183. The molecule has 1 saturated carbocycles. The van der Waals surface area contributed by atoms with Crippen molar-refractivity contribution >= 4 is 5.91 Å². The van der Waals surface area contributed by atoms with Crippen LogP contribution >= 0.6 is 0 Å². The first-order chi connectivity index (χ1) is 9.39. The van der Waals surface area contributed by atoms with E-state index in [4.69, 9.17) is 14.9 Å². The summed E-state index contributed by atoms with van der Waals surface area (Å²) in [5.41, 5.74) is 5.37. The maximum atomic E-state index is 12.8. The fourth-order valence-corrected chi connectivity index (χ4v) is 3.84. The Hall–Kier alpha value is -1.33. The van der Waals surface area contributed by atoms with Gasteiger partial charge in [-0.1, -0.05) is 13.8 Å². The molecule has 1 amide bonds. The fraction of sp³-hybridized carbons (Fsp3) is 0.667. The van der Waals surface area contributed by atoms with Crippen molar-refractivity contribution in [3.8, 4) is 0 Å². The number of ether oxygens (including phenoxy) is 1. The van der Waals surface area contributed by atoms with Crippen LogP contribution < -0.4 is 5.73 Å². The summed E-state index contributed by atoms with van der Waals surface area (Å²) in [6.07, 6.45) is 2.58. The van der Waals surface area contributed by atoms with Gasteiger partial charge in [-0.05, 0) is 18.6 Å². The number of likely N-dealkylation sites (N-methyl/N-ethyl adjacent to an activating group) is 1. The summed E-state index contributed by atoms with van der Waals surface area (Å²) in [5.74, 6) is 0.871. The molecule has 0 bridgehead atoms. The van der Waals surface area contributed by atoms with Crippen LogP contribution in [-0.4, -0.2) is 36.1 Å². The van der Waals surface area contributed by atoms with Crippen molar-refractivity contribution in [3.05, 3.63) is 24.2 Å². The standard InChI is InChI=1S/C15H22N2O3/c1-14(2)12-11(6-8-20-12)15(14,16)13(18)17(3)9-10-5-4-7-19-10/h4-5,7,11-12H,6,8-9,16H2,1-3H3. The van der Waals surface area contributed by atoms with Crippen molar-refractivity contribution in [2.45, 2.75) is 38.5 Å². The normalized spacial score (nSPS) is 34.4. The van der Waals surface area contributed by atoms with Crippen molar-refractivity contribution in [3.63, 3.8) is 0 Å². The average Bonchev–Trinajstić information content (AvgIpc) is 3.06. The van der Waals surface area contributed by atoms with Crippen molar-refractivity contribution < 1.29 is 13.9 Å². The molecule has 2 heterocycles. The first kappa shape index (κ1) is 13.6. The first-order valence-corrected chi connectivity index (χ1v) is 7.07. The van der Waals surface area contributed by atoms with Gasteiger partial charge in [0.05, 0.1) is 18.9 Å². The predicted molar refractivity (Wildman–Crippen MR) is 73.7 cm³/mol. The average molecular weight is 278 g/mol.